The molecule has 0 bridgehead atoms. The molecular formula is C17H30OSi. The van der Waals surface area contributed by atoms with Crippen LogP contribution >= 0.6 is 0 Å². The molecule has 0 amide bonds. The highest BCUT2D eigenvalue weighted by atomic mass is 28.2. The molecule has 0 fully saturated rings. The highest BCUT2D eigenvalue weighted by molar-refractivity contribution is 5.98. The third-order valence-electron chi connectivity index (χ3n) is 3.69. The van der Waals surface area contributed by atoms with Gasteiger partial charge in [0.25, 0.3) is 0 Å². The standard InChI is InChI=1S/C17H30OSi/c1-11(2)10-16(18-19)15-9-7-8-14(12(3)4)17(15)13(5)6/h7-9,11-13,16H,10H2,1-6,19H3. The highest BCUT2D eigenvalue weighted by Gasteiger charge is 2.20. The molecular weight excluding hydrogens is 248 g/mol. The SMILES string of the molecule is CC(C)CC(O[SiH3])c1cccc(C(C)C)c1C(C)C. The lowest BCUT2D eigenvalue weighted by Crippen LogP contribution is -2.12. The molecule has 0 aliphatic rings. The minimum Gasteiger partial charge on any atom is -0.421 e. The zero-order valence-corrected chi connectivity index (χ0v) is 15.7. The van der Waals surface area contributed by atoms with Crippen LogP contribution in [0.15, 0.2) is 18.2 Å². The van der Waals surface area contributed by atoms with E-state index in [1.54, 1.807) is 0 Å². The van der Waals surface area contributed by atoms with E-state index in [0.717, 1.165) is 16.9 Å². The summed E-state index contributed by atoms with van der Waals surface area (Å²) in [4.78, 5) is 0. The maximum Gasteiger partial charge on any atom is 0.146 e. The van der Waals surface area contributed by atoms with Crippen LogP contribution in [-0.2, 0) is 4.43 Å². The highest BCUT2D eigenvalue weighted by Crippen LogP contribution is 2.35. The van der Waals surface area contributed by atoms with Gasteiger partial charge in [0.05, 0.1) is 6.10 Å². The van der Waals surface area contributed by atoms with E-state index in [2.05, 4.69) is 59.7 Å². The first kappa shape index (κ1) is 16.5. The van der Waals surface area contributed by atoms with Gasteiger partial charge in [-0.15, -0.1) is 0 Å². The van der Waals surface area contributed by atoms with Crippen molar-refractivity contribution in [3.8, 4) is 0 Å². The van der Waals surface area contributed by atoms with Crippen molar-refractivity contribution in [1.82, 2.24) is 0 Å². The van der Waals surface area contributed by atoms with E-state index in [1.165, 1.54) is 16.7 Å². The van der Waals surface area contributed by atoms with Crippen molar-refractivity contribution in [1.29, 1.82) is 0 Å². The van der Waals surface area contributed by atoms with Crippen LogP contribution in [0.4, 0.5) is 0 Å². The summed E-state index contributed by atoms with van der Waals surface area (Å²) in [6, 6.07) is 6.75. The fraction of sp³-hybridized carbons (Fsp3) is 0.647. The Morgan fingerprint density at radius 1 is 0.947 bits per heavy atom. The summed E-state index contributed by atoms with van der Waals surface area (Å²) in [6.07, 6.45) is 1.40. The lowest BCUT2D eigenvalue weighted by atomic mass is 9.84. The topological polar surface area (TPSA) is 9.23 Å². The van der Waals surface area contributed by atoms with Crippen molar-refractivity contribution in [2.24, 2.45) is 5.92 Å². The summed E-state index contributed by atoms with van der Waals surface area (Å²) < 4.78 is 5.91. The molecule has 1 aromatic carbocycles. The smallest absolute Gasteiger partial charge is 0.146 e. The minimum absolute atomic E-state index is 0.280. The molecule has 0 saturated heterocycles. The van der Waals surface area contributed by atoms with Crippen molar-refractivity contribution in [3.63, 3.8) is 0 Å². The molecule has 0 saturated carbocycles. The molecule has 0 N–H and O–H groups in total. The Morgan fingerprint density at radius 2 is 1.53 bits per heavy atom. The van der Waals surface area contributed by atoms with Gasteiger partial charge in [-0.25, -0.2) is 0 Å². The fourth-order valence-corrected chi connectivity index (χ4v) is 3.28. The Bertz CT molecular complexity index is 396. The minimum atomic E-state index is 0.280. The predicted molar refractivity (Wildman–Crippen MR) is 87.8 cm³/mol. The van der Waals surface area contributed by atoms with E-state index in [9.17, 15) is 0 Å². The van der Waals surface area contributed by atoms with Gasteiger partial charge in [-0.2, -0.15) is 0 Å². The van der Waals surface area contributed by atoms with E-state index < -0.39 is 0 Å². The molecule has 1 aromatic rings. The molecule has 1 atom stereocenters. The van der Waals surface area contributed by atoms with E-state index >= 15 is 0 Å². The summed E-state index contributed by atoms with van der Waals surface area (Å²) in [5.41, 5.74) is 4.42. The van der Waals surface area contributed by atoms with Crippen LogP contribution in [0.1, 0.15) is 82.6 Å². The van der Waals surface area contributed by atoms with Crippen molar-refractivity contribution in [2.75, 3.05) is 0 Å². The Morgan fingerprint density at radius 3 is 1.95 bits per heavy atom. The van der Waals surface area contributed by atoms with Crippen LogP contribution < -0.4 is 0 Å². The van der Waals surface area contributed by atoms with Gasteiger partial charge in [0.1, 0.15) is 10.5 Å². The van der Waals surface area contributed by atoms with E-state index in [1.807, 2.05) is 0 Å². The Hall–Kier alpha value is -0.603. The molecule has 0 aliphatic carbocycles. The number of hydrogen-bond donors (Lipinski definition) is 0. The number of rotatable bonds is 6. The first-order valence-electron chi connectivity index (χ1n) is 7.53. The van der Waals surface area contributed by atoms with E-state index in [0.29, 0.717) is 17.8 Å². The molecule has 0 spiro atoms. The monoisotopic (exact) mass is 278 g/mol. The molecule has 108 valence electrons. The molecule has 19 heavy (non-hydrogen) atoms. The van der Waals surface area contributed by atoms with Crippen molar-refractivity contribution >= 4 is 10.5 Å². The molecule has 0 heterocycles. The van der Waals surface area contributed by atoms with Crippen LogP contribution in [0.5, 0.6) is 0 Å². The number of hydrogen-bond acceptors (Lipinski definition) is 1. The van der Waals surface area contributed by atoms with E-state index in [-0.39, 0.29) is 6.10 Å². The lowest BCUT2D eigenvalue weighted by Gasteiger charge is -2.26. The summed E-state index contributed by atoms with van der Waals surface area (Å²) >= 11 is 0. The maximum absolute atomic E-state index is 5.91. The third-order valence-corrected chi connectivity index (χ3v) is 4.26. The molecule has 1 unspecified atom stereocenters. The van der Waals surface area contributed by atoms with Crippen LogP contribution in [0.25, 0.3) is 0 Å². The fourth-order valence-electron chi connectivity index (χ4n) is 2.83. The average Bonchev–Trinajstić information content (AvgIpc) is 2.34. The van der Waals surface area contributed by atoms with E-state index in [4.69, 9.17) is 4.43 Å². The first-order chi connectivity index (χ1) is 8.88. The van der Waals surface area contributed by atoms with Gasteiger partial charge in [-0.1, -0.05) is 59.7 Å². The third kappa shape index (κ3) is 4.18. The normalized spacial score (nSPS) is 13.7. The van der Waals surface area contributed by atoms with Crippen LogP contribution in [0.3, 0.4) is 0 Å². The Balaban J connectivity index is 3.28. The lowest BCUT2D eigenvalue weighted by molar-refractivity contribution is 0.193. The average molecular weight is 279 g/mol. The van der Waals surface area contributed by atoms with Crippen LogP contribution in [0.2, 0.25) is 0 Å². The van der Waals surface area contributed by atoms with Gasteiger partial charge >= 0.3 is 0 Å². The second kappa shape index (κ2) is 7.25. The predicted octanol–water partition coefficient (Wildman–Crippen LogP) is 4.32. The number of benzene rings is 1. The van der Waals surface area contributed by atoms with Gasteiger partial charge in [0.15, 0.2) is 0 Å². The van der Waals surface area contributed by atoms with Crippen LogP contribution in [0, 0.1) is 5.92 Å². The van der Waals surface area contributed by atoms with Gasteiger partial charge in [-0.3, -0.25) is 0 Å². The zero-order valence-electron chi connectivity index (χ0n) is 13.7. The van der Waals surface area contributed by atoms with Gasteiger partial charge in [0, 0.05) is 0 Å². The largest absolute Gasteiger partial charge is 0.421 e. The van der Waals surface area contributed by atoms with Gasteiger partial charge < -0.3 is 4.43 Å². The van der Waals surface area contributed by atoms with Gasteiger partial charge in [0.2, 0.25) is 0 Å². The maximum atomic E-state index is 5.91. The van der Waals surface area contributed by atoms with Crippen molar-refractivity contribution in [3.05, 3.63) is 34.9 Å². The Kier molecular flexibility index (Phi) is 6.28. The second-order valence-electron chi connectivity index (χ2n) is 6.51. The molecule has 0 radical (unpaired) electrons. The van der Waals surface area contributed by atoms with Crippen molar-refractivity contribution in [2.45, 2.75) is 65.9 Å². The Labute approximate surface area is 122 Å². The molecule has 0 aromatic heterocycles. The molecule has 2 heteroatoms. The quantitative estimate of drug-likeness (QED) is 0.704. The summed E-state index contributed by atoms with van der Waals surface area (Å²) in [6.45, 7) is 13.7. The summed E-state index contributed by atoms with van der Waals surface area (Å²) in [5, 5.41) is 0. The first-order valence-corrected chi connectivity index (χ1v) is 8.35. The second-order valence-corrected chi connectivity index (χ2v) is 6.98. The summed E-state index contributed by atoms with van der Waals surface area (Å²) in [7, 11) is 0.800. The van der Waals surface area contributed by atoms with Crippen LogP contribution in [-0.4, -0.2) is 10.5 Å². The van der Waals surface area contributed by atoms with Crippen molar-refractivity contribution < 1.29 is 4.43 Å². The molecule has 1 rings (SSSR count). The zero-order chi connectivity index (χ0) is 14.6. The molecule has 1 nitrogen and oxygen atoms in total. The molecule has 0 aliphatic heterocycles. The van der Waals surface area contributed by atoms with Gasteiger partial charge in [-0.05, 0) is 40.9 Å². The summed E-state index contributed by atoms with van der Waals surface area (Å²) in [5.74, 6) is 1.80.